The zero-order chi connectivity index (χ0) is 14.2. The Balaban J connectivity index is 1.95. The second kappa shape index (κ2) is 8.43. The Morgan fingerprint density at radius 3 is 2.65 bits per heavy atom. The van der Waals surface area contributed by atoms with E-state index in [4.69, 9.17) is 0 Å². The van der Waals surface area contributed by atoms with Crippen LogP contribution in [0, 0.1) is 5.92 Å². The maximum absolute atomic E-state index is 3.45. The SMILES string of the molecule is CCNCc1ccccc1CN1CCCC(CC)CC1. The normalized spacial score (nSPS) is 20.8. The van der Waals surface area contributed by atoms with E-state index in [9.17, 15) is 0 Å². The van der Waals surface area contributed by atoms with Crippen LogP contribution in [0.2, 0.25) is 0 Å². The van der Waals surface area contributed by atoms with E-state index in [0.717, 1.165) is 25.6 Å². The fourth-order valence-corrected chi connectivity index (χ4v) is 3.18. The minimum atomic E-state index is 0.956. The van der Waals surface area contributed by atoms with Crippen LogP contribution >= 0.6 is 0 Å². The van der Waals surface area contributed by atoms with Gasteiger partial charge < -0.3 is 5.32 Å². The van der Waals surface area contributed by atoms with Gasteiger partial charge in [0.15, 0.2) is 0 Å². The van der Waals surface area contributed by atoms with Gasteiger partial charge in [0.1, 0.15) is 0 Å². The summed E-state index contributed by atoms with van der Waals surface area (Å²) in [5.74, 6) is 0.956. The topological polar surface area (TPSA) is 15.3 Å². The number of hydrogen-bond donors (Lipinski definition) is 1. The van der Waals surface area contributed by atoms with Crippen molar-refractivity contribution in [2.45, 2.75) is 52.6 Å². The molecule has 2 heteroatoms. The van der Waals surface area contributed by atoms with E-state index in [1.54, 1.807) is 0 Å². The molecule has 112 valence electrons. The van der Waals surface area contributed by atoms with E-state index in [-0.39, 0.29) is 0 Å². The number of hydrogen-bond acceptors (Lipinski definition) is 2. The Morgan fingerprint density at radius 1 is 1.10 bits per heavy atom. The van der Waals surface area contributed by atoms with Gasteiger partial charge in [-0.15, -0.1) is 0 Å². The first-order valence-electron chi connectivity index (χ1n) is 8.33. The number of nitrogens with zero attached hydrogens (tertiary/aromatic N) is 1. The van der Waals surface area contributed by atoms with Gasteiger partial charge in [0.25, 0.3) is 0 Å². The summed E-state index contributed by atoms with van der Waals surface area (Å²) < 4.78 is 0. The van der Waals surface area contributed by atoms with Crippen molar-refractivity contribution in [3.8, 4) is 0 Å². The van der Waals surface area contributed by atoms with Crippen molar-refractivity contribution in [1.29, 1.82) is 0 Å². The molecular weight excluding hydrogens is 244 g/mol. The van der Waals surface area contributed by atoms with Crippen molar-refractivity contribution in [2.24, 2.45) is 5.92 Å². The number of rotatable bonds is 6. The lowest BCUT2D eigenvalue weighted by molar-refractivity contribution is 0.271. The second-order valence-electron chi connectivity index (χ2n) is 6.03. The van der Waals surface area contributed by atoms with E-state index < -0.39 is 0 Å². The Hall–Kier alpha value is -0.860. The molecule has 1 fully saturated rings. The molecule has 0 spiro atoms. The van der Waals surface area contributed by atoms with Crippen molar-refractivity contribution >= 4 is 0 Å². The van der Waals surface area contributed by atoms with Crippen LogP contribution in [0.5, 0.6) is 0 Å². The van der Waals surface area contributed by atoms with E-state index in [2.05, 4.69) is 48.3 Å². The fourth-order valence-electron chi connectivity index (χ4n) is 3.18. The molecule has 2 rings (SSSR count). The first kappa shape index (κ1) is 15.5. The zero-order valence-corrected chi connectivity index (χ0v) is 13.2. The van der Waals surface area contributed by atoms with E-state index in [0.29, 0.717) is 0 Å². The van der Waals surface area contributed by atoms with Gasteiger partial charge in [-0.1, -0.05) is 44.5 Å². The average molecular weight is 274 g/mol. The zero-order valence-electron chi connectivity index (χ0n) is 13.2. The lowest BCUT2D eigenvalue weighted by Crippen LogP contribution is -2.25. The summed E-state index contributed by atoms with van der Waals surface area (Å²) in [7, 11) is 0. The fraction of sp³-hybridized carbons (Fsp3) is 0.667. The maximum Gasteiger partial charge on any atom is 0.0236 e. The van der Waals surface area contributed by atoms with Gasteiger partial charge in [-0.05, 0) is 55.9 Å². The third kappa shape index (κ3) is 4.60. The van der Waals surface area contributed by atoms with E-state index in [1.165, 1.54) is 49.9 Å². The van der Waals surface area contributed by atoms with Gasteiger partial charge in [-0.25, -0.2) is 0 Å². The molecule has 20 heavy (non-hydrogen) atoms. The van der Waals surface area contributed by atoms with Crippen molar-refractivity contribution < 1.29 is 0 Å². The Morgan fingerprint density at radius 2 is 1.90 bits per heavy atom. The smallest absolute Gasteiger partial charge is 0.0236 e. The minimum absolute atomic E-state index is 0.956. The summed E-state index contributed by atoms with van der Waals surface area (Å²) in [4.78, 5) is 2.65. The van der Waals surface area contributed by atoms with Crippen LogP contribution in [-0.2, 0) is 13.1 Å². The summed E-state index contributed by atoms with van der Waals surface area (Å²) in [6.45, 7) is 10.2. The van der Waals surface area contributed by atoms with Crippen LogP contribution in [0.4, 0.5) is 0 Å². The lowest BCUT2D eigenvalue weighted by atomic mass is 9.98. The molecule has 1 N–H and O–H groups in total. The van der Waals surface area contributed by atoms with Gasteiger partial charge in [-0.3, -0.25) is 4.90 Å². The largest absolute Gasteiger partial charge is 0.313 e. The first-order chi connectivity index (χ1) is 9.83. The number of benzene rings is 1. The molecule has 1 aliphatic heterocycles. The van der Waals surface area contributed by atoms with Crippen LogP contribution < -0.4 is 5.32 Å². The molecule has 0 amide bonds. The molecule has 0 radical (unpaired) electrons. The highest BCUT2D eigenvalue weighted by Gasteiger charge is 2.16. The maximum atomic E-state index is 3.45. The Labute approximate surface area is 124 Å². The summed E-state index contributed by atoms with van der Waals surface area (Å²) in [6.07, 6.45) is 5.52. The number of nitrogens with one attached hydrogen (secondary N) is 1. The molecule has 0 saturated carbocycles. The van der Waals surface area contributed by atoms with Crippen LogP contribution in [0.15, 0.2) is 24.3 Å². The molecular formula is C18H30N2. The average Bonchev–Trinajstić information content (AvgIpc) is 2.71. The van der Waals surface area contributed by atoms with Crippen molar-refractivity contribution in [3.63, 3.8) is 0 Å². The third-order valence-corrected chi connectivity index (χ3v) is 4.60. The quantitative estimate of drug-likeness (QED) is 0.848. The molecule has 1 unspecified atom stereocenters. The van der Waals surface area contributed by atoms with Crippen LogP contribution in [0.1, 0.15) is 50.7 Å². The van der Waals surface area contributed by atoms with Crippen molar-refractivity contribution in [1.82, 2.24) is 10.2 Å². The molecule has 1 heterocycles. The monoisotopic (exact) mass is 274 g/mol. The Kier molecular flexibility index (Phi) is 6.55. The van der Waals surface area contributed by atoms with Crippen molar-refractivity contribution in [2.75, 3.05) is 19.6 Å². The van der Waals surface area contributed by atoms with Gasteiger partial charge in [0.2, 0.25) is 0 Å². The molecule has 1 saturated heterocycles. The summed E-state index contributed by atoms with van der Waals surface area (Å²) in [6, 6.07) is 8.91. The highest BCUT2D eigenvalue weighted by Crippen LogP contribution is 2.22. The summed E-state index contributed by atoms with van der Waals surface area (Å²) in [5, 5.41) is 3.45. The highest BCUT2D eigenvalue weighted by molar-refractivity contribution is 5.27. The van der Waals surface area contributed by atoms with Gasteiger partial charge in [-0.2, -0.15) is 0 Å². The van der Waals surface area contributed by atoms with Crippen LogP contribution in [0.3, 0.4) is 0 Å². The predicted octanol–water partition coefficient (Wildman–Crippen LogP) is 3.81. The Bertz CT molecular complexity index is 389. The van der Waals surface area contributed by atoms with E-state index >= 15 is 0 Å². The summed E-state index contributed by atoms with van der Waals surface area (Å²) >= 11 is 0. The summed E-state index contributed by atoms with van der Waals surface area (Å²) in [5.41, 5.74) is 2.97. The lowest BCUT2D eigenvalue weighted by Gasteiger charge is -2.22. The second-order valence-corrected chi connectivity index (χ2v) is 6.03. The highest BCUT2D eigenvalue weighted by atomic mass is 15.1. The molecule has 2 nitrogen and oxygen atoms in total. The molecule has 1 aliphatic rings. The molecule has 0 bridgehead atoms. The molecule has 0 aromatic heterocycles. The minimum Gasteiger partial charge on any atom is -0.313 e. The molecule has 0 aliphatic carbocycles. The van der Waals surface area contributed by atoms with Gasteiger partial charge >= 0.3 is 0 Å². The number of likely N-dealkylation sites (tertiary alicyclic amines) is 1. The molecule has 1 aromatic rings. The standard InChI is InChI=1S/C18H30N2/c1-3-16-8-7-12-20(13-11-16)15-18-10-6-5-9-17(18)14-19-4-2/h5-6,9-10,16,19H,3-4,7-8,11-15H2,1-2H3. The predicted molar refractivity (Wildman–Crippen MR) is 86.7 cm³/mol. The third-order valence-electron chi connectivity index (χ3n) is 4.60. The van der Waals surface area contributed by atoms with Crippen molar-refractivity contribution in [3.05, 3.63) is 35.4 Å². The molecule has 1 atom stereocenters. The van der Waals surface area contributed by atoms with E-state index in [1.807, 2.05) is 0 Å². The molecule has 1 aromatic carbocycles. The van der Waals surface area contributed by atoms with Crippen LogP contribution in [-0.4, -0.2) is 24.5 Å². The first-order valence-corrected chi connectivity index (χ1v) is 8.33. The van der Waals surface area contributed by atoms with Gasteiger partial charge in [0.05, 0.1) is 0 Å². The van der Waals surface area contributed by atoms with Crippen LogP contribution in [0.25, 0.3) is 0 Å². The van der Waals surface area contributed by atoms with Gasteiger partial charge in [0, 0.05) is 13.1 Å².